The summed E-state index contributed by atoms with van der Waals surface area (Å²) in [4.78, 5) is 22.8. The van der Waals surface area contributed by atoms with Crippen molar-refractivity contribution in [3.8, 4) is 28.5 Å². The number of imidazole rings is 2. The molecule has 1 fully saturated rings. The molecule has 9 nitrogen and oxygen atoms in total. The summed E-state index contributed by atoms with van der Waals surface area (Å²) >= 11 is 0. The first-order valence-electron chi connectivity index (χ1n) is 12.4. The molecule has 6 heterocycles. The number of pyridine rings is 2. The van der Waals surface area contributed by atoms with Crippen molar-refractivity contribution in [3.05, 3.63) is 72.5 Å². The molecule has 1 aliphatic rings. The van der Waals surface area contributed by atoms with Crippen molar-refractivity contribution in [1.29, 1.82) is 0 Å². The quantitative estimate of drug-likeness (QED) is 0.324. The molecule has 0 radical (unpaired) electrons. The molecular formula is C27H22F3N9. The van der Waals surface area contributed by atoms with Gasteiger partial charge in [-0.1, -0.05) is 0 Å². The Morgan fingerprint density at radius 3 is 2.77 bits per heavy atom. The molecular weight excluding hydrogens is 507 g/mol. The second-order valence-corrected chi connectivity index (χ2v) is 9.89. The van der Waals surface area contributed by atoms with Gasteiger partial charge in [-0.2, -0.15) is 5.10 Å². The Bertz CT molecular complexity index is 1850. The minimum absolute atomic E-state index is 0.146. The highest BCUT2D eigenvalue weighted by molar-refractivity contribution is 5.96. The highest BCUT2D eigenvalue weighted by Crippen LogP contribution is 2.33. The van der Waals surface area contributed by atoms with Crippen LogP contribution in [-0.4, -0.2) is 63.6 Å². The molecule has 39 heavy (non-hydrogen) atoms. The van der Waals surface area contributed by atoms with Gasteiger partial charge >= 0.3 is 0 Å². The number of nitrogens with zero attached hydrogens (tertiary/aromatic N) is 7. The molecule has 2 N–H and O–H groups in total. The molecule has 0 spiro atoms. The number of rotatable bonds is 5. The fourth-order valence-corrected chi connectivity index (χ4v) is 5.12. The number of likely N-dealkylation sites (tertiary alicyclic amines) is 1. The molecule has 0 bridgehead atoms. The van der Waals surface area contributed by atoms with Gasteiger partial charge in [0.25, 0.3) is 5.92 Å². The molecule has 0 saturated carbocycles. The first kappa shape index (κ1) is 23.5. The third-order valence-corrected chi connectivity index (χ3v) is 6.97. The summed E-state index contributed by atoms with van der Waals surface area (Å²) in [7, 11) is 0. The lowest BCUT2D eigenvalue weighted by Gasteiger charge is -2.15. The van der Waals surface area contributed by atoms with E-state index in [-0.39, 0.29) is 18.5 Å². The Morgan fingerprint density at radius 2 is 1.97 bits per heavy atom. The van der Waals surface area contributed by atoms with Crippen molar-refractivity contribution >= 4 is 21.9 Å². The molecule has 1 aromatic carbocycles. The summed E-state index contributed by atoms with van der Waals surface area (Å²) in [6.07, 6.45) is 8.36. The maximum Gasteiger partial charge on any atom is 0.261 e. The van der Waals surface area contributed by atoms with Gasteiger partial charge in [-0.25, -0.2) is 28.1 Å². The summed E-state index contributed by atoms with van der Waals surface area (Å²) < 4.78 is 44.3. The van der Waals surface area contributed by atoms with Crippen LogP contribution >= 0.6 is 0 Å². The van der Waals surface area contributed by atoms with Crippen molar-refractivity contribution < 1.29 is 13.2 Å². The summed E-state index contributed by atoms with van der Waals surface area (Å²) in [5.74, 6) is -2.06. The van der Waals surface area contributed by atoms with Gasteiger partial charge in [0.05, 0.1) is 17.8 Å². The van der Waals surface area contributed by atoms with E-state index in [2.05, 4.69) is 30.1 Å². The van der Waals surface area contributed by atoms with E-state index in [9.17, 15) is 8.78 Å². The van der Waals surface area contributed by atoms with Crippen molar-refractivity contribution in [1.82, 2.24) is 44.6 Å². The van der Waals surface area contributed by atoms with Crippen molar-refractivity contribution in [2.24, 2.45) is 0 Å². The standard InChI is InChI=1S/C27H22F3N9/c1-15-11-39(14-33-15)26-24-21(2-4-32-26)34-25(35-24)23-19-7-17(8-20(28)22(19)36-37-23)18-6-16(9-31-10-18)12-38-5-3-27(29,30)13-38/h2,4,6-11,14H,3,5,12-13H2,1H3,(H,34,35)(H,36,37). The van der Waals surface area contributed by atoms with Crippen molar-refractivity contribution in [2.75, 3.05) is 13.1 Å². The van der Waals surface area contributed by atoms with Crippen LogP contribution in [0.1, 0.15) is 17.7 Å². The molecule has 1 saturated heterocycles. The number of benzene rings is 1. The average Bonchev–Trinajstić information content (AvgIpc) is 3.69. The van der Waals surface area contributed by atoms with E-state index in [1.807, 2.05) is 31.3 Å². The monoisotopic (exact) mass is 529 g/mol. The molecule has 6 aromatic rings. The Kier molecular flexibility index (Phi) is 5.27. The highest BCUT2D eigenvalue weighted by atomic mass is 19.3. The van der Waals surface area contributed by atoms with E-state index < -0.39 is 11.7 Å². The van der Waals surface area contributed by atoms with Crippen molar-refractivity contribution in [2.45, 2.75) is 25.8 Å². The molecule has 12 heteroatoms. The molecule has 7 rings (SSSR count). The maximum absolute atomic E-state index is 15.2. The van der Waals surface area contributed by atoms with Gasteiger partial charge in [0, 0.05) is 55.2 Å². The van der Waals surface area contributed by atoms with E-state index >= 15 is 4.39 Å². The summed E-state index contributed by atoms with van der Waals surface area (Å²) in [5.41, 5.74) is 5.00. The van der Waals surface area contributed by atoms with Crippen LogP contribution in [0.15, 0.2) is 55.4 Å². The van der Waals surface area contributed by atoms with Crippen LogP contribution in [-0.2, 0) is 6.54 Å². The lowest BCUT2D eigenvalue weighted by atomic mass is 10.0. The van der Waals surface area contributed by atoms with Gasteiger partial charge in [-0.05, 0) is 42.3 Å². The molecule has 0 aliphatic carbocycles. The first-order chi connectivity index (χ1) is 18.8. The summed E-state index contributed by atoms with van der Waals surface area (Å²) in [5, 5.41) is 7.67. The van der Waals surface area contributed by atoms with Gasteiger partial charge in [0.15, 0.2) is 17.5 Å². The smallest absolute Gasteiger partial charge is 0.261 e. The van der Waals surface area contributed by atoms with E-state index in [4.69, 9.17) is 4.98 Å². The third-order valence-electron chi connectivity index (χ3n) is 6.97. The number of hydrogen-bond donors (Lipinski definition) is 2. The van der Waals surface area contributed by atoms with E-state index in [1.54, 1.807) is 34.4 Å². The second-order valence-electron chi connectivity index (χ2n) is 9.89. The fourth-order valence-electron chi connectivity index (χ4n) is 5.12. The molecule has 0 amide bonds. The Labute approximate surface area is 219 Å². The number of H-pyrrole nitrogens is 2. The predicted octanol–water partition coefficient (Wildman–Crippen LogP) is 5.04. The summed E-state index contributed by atoms with van der Waals surface area (Å²) in [6.45, 7) is 2.30. The molecule has 196 valence electrons. The molecule has 0 unspecified atom stereocenters. The zero-order valence-electron chi connectivity index (χ0n) is 20.8. The van der Waals surface area contributed by atoms with Gasteiger partial charge < -0.3 is 4.98 Å². The van der Waals surface area contributed by atoms with Crippen molar-refractivity contribution in [3.63, 3.8) is 0 Å². The SMILES string of the molecule is Cc1cn(-c2nccc3[nH]c(-c4[nH]nc5c(F)cc(-c6cncc(CN7CCC(F)(F)C7)c6)cc45)nc23)cn1. The van der Waals surface area contributed by atoms with Gasteiger partial charge in [0.1, 0.15) is 23.1 Å². The number of halogens is 3. The molecule has 1 aliphatic heterocycles. The zero-order valence-corrected chi connectivity index (χ0v) is 20.8. The van der Waals surface area contributed by atoms with Gasteiger partial charge in [-0.3, -0.25) is 19.5 Å². The lowest BCUT2D eigenvalue weighted by Crippen LogP contribution is -2.24. The molecule has 5 aromatic heterocycles. The number of aryl methyl sites for hydroxylation is 1. The highest BCUT2D eigenvalue weighted by Gasteiger charge is 2.37. The Morgan fingerprint density at radius 1 is 1.08 bits per heavy atom. The van der Waals surface area contributed by atoms with Gasteiger partial charge in [-0.15, -0.1) is 0 Å². The predicted molar refractivity (Wildman–Crippen MR) is 139 cm³/mol. The molecule has 0 atom stereocenters. The minimum Gasteiger partial charge on any atom is -0.336 e. The first-order valence-corrected chi connectivity index (χ1v) is 12.4. The van der Waals surface area contributed by atoms with E-state index in [0.717, 1.165) is 16.8 Å². The number of hydrogen-bond acceptors (Lipinski definition) is 6. The Balaban J connectivity index is 1.27. The maximum atomic E-state index is 15.2. The van der Waals surface area contributed by atoms with E-state index in [1.165, 1.54) is 6.07 Å². The van der Waals surface area contributed by atoms with Gasteiger partial charge in [0.2, 0.25) is 0 Å². The van der Waals surface area contributed by atoms with Crippen LogP contribution in [0, 0.1) is 12.7 Å². The van der Waals surface area contributed by atoms with Crippen LogP contribution in [0.2, 0.25) is 0 Å². The zero-order chi connectivity index (χ0) is 26.7. The lowest BCUT2D eigenvalue weighted by molar-refractivity contribution is 0.0115. The number of nitrogens with one attached hydrogen (secondary N) is 2. The Hall–Kier alpha value is -4.58. The second kappa shape index (κ2) is 8.73. The van der Waals surface area contributed by atoms with Crippen LogP contribution < -0.4 is 0 Å². The van der Waals surface area contributed by atoms with Crippen LogP contribution in [0.25, 0.3) is 50.4 Å². The van der Waals surface area contributed by atoms with Crippen LogP contribution in [0.5, 0.6) is 0 Å². The number of aromatic amines is 2. The number of fused-ring (bicyclic) bond motifs is 2. The normalized spacial score (nSPS) is 15.6. The van der Waals surface area contributed by atoms with Crippen LogP contribution in [0.4, 0.5) is 13.2 Å². The van der Waals surface area contributed by atoms with E-state index in [0.29, 0.717) is 52.5 Å². The van der Waals surface area contributed by atoms with Crippen LogP contribution in [0.3, 0.4) is 0 Å². The number of aromatic nitrogens is 8. The fraction of sp³-hybridized carbons (Fsp3) is 0.222. The largest absolute Gasteiger partial charge is 0.336 e. The minimum atomic E-state index is -2.66. The topological polar surface area (TPSA) is 104 Å². The number of alkyl halides is 2. The summed E-state index contributed by atoms with van der Waals surface area (Å²) in [6, 6.07) is 6.90. The third kappa shape index (κ3) is 4.22. The average molecular weight is 530 g/mol.